The summed E-state index contributed by atoms with van der Waals surface area (Å²) < 4.78 is 40.6. The van der Waals surface area contributed by atoms with Gasteiger partial charge in [-0.25, -0.2) is 13.2 Å². The van der Waals surface area contributed by atoms with Gasteiger partial charge in [0.1, 0.15) is 17.5 Å². The van der Waals surface area contributed by atoms with E-state index < -0.39 is 11.6 Å². The van der Waals surface area contributed by atoms with Gasteiger partial charge in [0.15, 0.2) is 0 Å². The van der Waals surface area contributed by atoms with Crippen molar-refractivity contribution in [3.05, 3.63) is 59.4 Å². The van der Waals surface area contributed by atoms with Crippen molar-refractivity contribution >= 4 is 10.9 Å². The van der Waals surface area contributed by atoms with Crippen molar-refractivity contribution < 1.29 is 18.3 Å². The molecule has 2 N–H and O–H groups in total. The van der Waals surface area contributed by atoms with Gasteiger partial charge in [0.25, 0.3) is 0 Å². The van der Waals surface area contributed by atoms with Crippen LogP contribution in [0.25, 0.3) is 22.2 Å². The van der Waals surface area contributed by atoms with E-state index in [0.717, 1.165) is 6.07 Å². The van der Waals surface area contributed by atoms with E-state index in [2.05, 4.69) is 4.98 Å². The lowest BCUT2D eigenvalue weighted by Crippen LogP contribution is -2.00. The number of benzene rings is 2. The Hall–Kier alpha value is -2.27. The predicted molar refractivity (Wildman–Crippen MR) is 79.1 cm³/mol. The Morgan fingerprint density at radius 3 is 2.36 bits per heavy atom. The Morgan fingerprint density at radius 2 is 1.73 bits per heavy atom. The topological polar surface area (TPSA) is 36.0 Å². The van der Waals surface area contributed by atoms with Crippen molar-refractivity contribution in [3.63, 3.8) is 0 Å². The van der Waals surface area contributed by atoms with E-state index in [0.29, 0.717) is 22.2 Å². The number of aromatic amines is 1. The fourth-order valence-corrected chi connectivity index (χ4v) is 2.69. The highest BCUT2D eigenvalue weighted by atomic mass is 19.1. The highest BCUT2D eigenvalue weighted by Crippen LogP contribution is 2.36. The molecular formula is C17H14F3NO. The molecule has 114 valence electrons. The van der Waals surface area contributed by atoms with Crippen LogP contribution in [0.4, 0.5) is 13.2 Å². The predicted octanol–water partition coefficient (Wildman–Crippen LogP) is 4.35. The molecule has 1 heterocycles. The fourth-order valence-electron chi connectivity index (χ4n) is 2.69. The summed E-state index contributed by atoms with van der Waals surface area (Å²) in [4.78, 5) is 2.94. The van der Waals surface area contributed by atoms with Gasteiger partial charge in [-0.05, 0) is 41.5 Å². The summed E-state index contributed by atoms with van der Waals surface area (Å²) in [5, 5.41) is 9.85. The maximum absolute atomic E-state index is 14.0. The van der Waals surface area contributed by atoms with Gasteiger partial charge in [0.2, 0.25) is 0 Å². The van der Waals surface area contributed by atoms with Crippen LogP contribution in [0, 0.1) is 17.5 Å². The zero-order chi connectivity index (χ0) is 15.9. The molecular weight excluding hydrogens is 291 g/mol. The van der Waals surface area contributed by atoms with Crippen LogP contribution in [-0.2, 0) is 0 Å². The van der Waals surface area contributed by atoms with Crippen LogP contribution in [0.3, 0.4) is 0 Å². The Labute approximate surface area is 125 Å². The highest BCUT2D eigenvalue weighted by Gasteiger charge is 2.20. The number of aromatic nitrogens is 1. The van der Waals surface area contributed by atoms with E-state index in [4.69, 9.17) is 0 Å². The summed E-state index contributed by atoms with van der Waals surface area (Å²) in [6, 6.07) is 7.75. The first-order valence-electron chi connectivity index (χ1n) is 6.88. The average molecular weight is 305 g/mol. The minimum Gasteiger partial charge on any atom is -0.396 e. The zero-order valence-electron chi connectivity index (χ0n) is 11.8. The first kappa shape index (κ1) is 14.7. The fraction of sp³-hybridized carbons (Fsp3) is 0.176. The molecule has 0 bridgehead atoms. The van der Waals surface area contributed by atoms with Crippen LogP contribution in [0.5, 0.6) is 0 Å². The van der Waals surface area contributed by atoms with E-state index in [-0.39, 0.29) is 23.9 Å². The van der Waals surface area contributed by atoms with Crippen molar-refractivity contribution in [2.45, 2.75) is 12.8 Å². The lowest BCUT2D eigenvalue weighted by molar-refractivity contribution is 0.274. The minimum atomic E-state index is -0.699. The minimum absolute atomic E-state index is 0.167. The second-order valence-corrected chi connectivity index (χ2v) is 5.31. The third kappa shape index (κ3) is 2.37. The third-order valence-corrected chi connectivity index (χ3v) is 3.76. The molecule has 3 aromatic rings. The Morgan fingerprint density at radius 1 is 1.05 bits per heavy atom. The Bertz CT molecular complexity index is 824. The number of hydrogen-bond donors (Lipinski definition) is 2. The Kier molecular flexibility index (Phi) is 3.66. The second-order valence-electron chi connectivity index (χ2n) is 5.31. The zero-order valence-corrected chi connectivity index (χ0v) is 11.8. The van der Waals surface area contributed by atoms with Crippen LogP contribution in [-0.4, -0.2) is 16.7 Å². The maximum atomic E-state index is 14.0. The number of aliphatic hydroxyl groups is 1. The van der Waals surface area contributed by atoms with Crippen molar-refractivity contribution in [1.29, 1.82) is 0 Å². The Balaban J connectivity index is 2.33. The van der Waals surface area contributed by atoms with E-state index in [1.165, 1.54) is 18.2 Å². The van der Waals surface area contributed by atoms with Crippen LogP contribution in [0.2, 0.25) is 0 Å². The molecule has 1 aromatic heterocycles. The molecule has 0 radical (unpaired) electrons. The smallest absolute Gasteiger partial charge is 0.150 e. The van der Waals surface area contributed by atoms with Gasteiger partial charge in [0, 0.05) is 24.0 Å². The van der Waals surface area contributed by atoms with Crippen molar-refractivity contribution in [2.24, 2.45) is 0 Å². The molecule has 0 saturated carbocycles. The van der Waals surface area contributed by atoms with E-state index in [1.807, 2.05) is 0 Å². The van der Waals surface area contributed by atoms with Gasteiger partial charge in [-0.3, -0.25) is 0 Å². The molecule has 3 rings (SSSR count). The average Bonchev–Trinajstić information content (AvgIpc) is 2.87. The SMILES string of the molecule is CC(CO)c1c(-c2ccc(F)cc2)[nH]c2c(F)cc(F)cc12. The normalized spacial score (nSPS) is 12.8. The summed E-state index contributed by atoms with van der Waals surface area (Å²) in [6.07, 6.45) is 0. The van der Waals surface area contributed by atoms with Crippen LogP contribution in [0.1, 0.15) is 18.4 Å². The van der Waals surface area contributed by atoms with Crippen LogP contribution >= 0.6 is 0 Å². The van der Waals surface area contributed by atoms with Crippen LogP contribution < -0.4 is 0 Å². The van der Waals surface area contributed by atoms with Gasteiger partial charge < -0.3 is 10.1 Å². The van der Waals surface area contributed by atoms with E-state index >= 15 is 0 Å². The van der Waals surface area contributed by atoms with Gasteiger partial charge in [-0.2, -0.15) is 0 Å². The molecule has 1 atom stereocenters. The molecule has 0 amide bonds. The number of nitrogens with one attached hydrogen (secondary N) is 1. The molecule has 0 saturated heterocycles. The summed E-state index contributed by atoms with van der Waals surface area (Å²) in [5.41, 5.74) is 1.99. The summed E-state index contributed by atoms with van der Waals surface area (Å²) in [6.45, 7) is 1.59. The van der Waals surface area contributed by atoms with Gasteiger partial charge in [0.05, 0.1) is 11.2 Å². The summed E-state index contributed by atoms with van der Waals surface area (Å²) >= 11 is 0. The quantitative estimate of drug-likeness (QED) is 0.741. The van der Waals surface area contributed by atoms with E-state index in [9.17, 15) is 18.3 Å². The van der Waals surface area contributed by atoms with Crippen molar-refractivity contribution in [1.82, 2.24) is 4.98 Å². The number of fused-ring (bicyclic) bond motifs is 1. The van der Waals surface area contributed by atoms with Gasteiger partial charge in [-0.1, -0.05) is 6.92 Å². The summed E-state index contributed by atoms with van der Waals surface area (Å²) in [7, 11) is 0. The number of H-pyrrole nitrogens is 1. The largest absolute Gasteiger partial charge is 0.396 e. The standard InChI is InChI=1S/C17H14F3NO/c1-9(8-22)15-13-6-12(19)7-14(20)17(13)21-16(15)10-2-4-11(18)5-3-10/h2-7,9,21-22H,8H2,1H3. The molecule has 0 aliphatic heterocycles. The second kappa shape index (κ2) is 5.50. The number of aliphatic hydroxyl groups excluding tert-OH is 1. The molecule has 1 unspecified atom stereocenters. The third-order valence-electron chi connectivity index (χ3n) is 3.76. The van der Waals surface area contributed by atoms with E-state index in [1.54, 1.807) is 19.1 Å². The van der Waals surface area contributed by atoms with Crippen LogP contribution in [0.15, 0.2) is 36.4 Å². The molecule has 22 heavy (non-hydrogen) atoms. The summed E-state index contributed by atoms with van der Waals surface area (Å²) in [5.74, 6) is -2.08. The molecule has 0 aliphatic carbocycles. The van der Waals surface area contributed by atoms with Gasteiger partial charge >= 0.3 is 0 Å². The molecule has 2 nitrogen and oxygen atoms in total. The maximum Gasteiger partial charge on any atom is 0.150 e. The lowest BCUT2D eigenvalue weighted by atomic mass is 9.95. The molecule has 2 aromatic carbocycles. The highest BCUT2D eigenvalue weighted by molar-refractivity contribution is 5.91. The van der Waals surface area contributed by atoms with Crippen molar-refractivity contribution in [3.8, 4) is 11.3 Å². The number of halogens is 3. The first-order chi connectivity index (χ1) is 10.5. The first-order valence-corrected chi connectivity index (χ1v) is 6.88. The molecule has 5 heteroatoms. The number of hydrogen-bond acceptors (Lipinski definition) is 1. The molecule has 0 aliphatic rings. The van der Waals surface area contributed by atoms with Gasteiger partial charge in [-0.15, -0.1) is 0 Å². The number of rotatable bonds is 3. The van der Waals surface area contributed by atoms with Crippen molar-refractivity contribution in [2.75, 3.05) is 6.61 Å². The molecule has 0 spiro atoms. The molecule has 0 fully saturated rings. The monoisotopic (exact) mass is 305 g/mol. The lowest BCUT2D eigenvalue weighted by Gasteiger charge is -2.11.